The van der Waals surface area contributed by atoms with E-state index in [2.05, 4.69) is 9.88 Å². The Morgan fingerprint density at radius 3 is 2.83 bits per heavy atom. The zero-order valence-corrected chi connectivity index (χ0v) is 10.7. The van der Waals surface area contributed by atoms with Crippen LogP contribution in [0.5, 0.6) is 0 Å². The van der Waals surface area contributed by atoms with Crippen molar-refractivity contribution in [2.75, 3.05) is 33.2 Å². The number of likely N-dealkylation sites (N-methyl/N-ethyl adjacent to an activating group) is 1. The fraction of sp³-hybridized carbons (Fsp3) is 0.538. The van der Waals surface area contributed by atoms with Crippen LogP contribution in [0.4, 0.5) is 0 Å². The maximum absolute atomic E-state index is 12.1. The van der Waals surface area contributed by atoms with Crippen molar-refractivity contribution >= 4 is 5.91 Å². The molecule has 0 aliphatic carbocycles. The molecule has 0 aromatic carbocycles. The van der Waals surface area contributed by atoms with E-state index in [9.17, 15) is 9.59 Å². The maximum atomic E-state index is 12.1. The fourth-order valence-electron chi connectivity index (χ4n) is 2.19. The topological polar surface area (TPSA) is 56.4 Å². The summed E-state index contributed by atoms with van der Waals surface area (Å²) in [5.41, 5.74) is -0.0202. The van der Waals surface area contributed by atoms with Gasteiger partial charge >= 0.3 is 0 Å². The fourth-order valence-corrected chi connectivity index (χ4v) is 2.19. The molecule has 0 radical (unpaired) electrons. The van der Waals surface area contributed by atoms with Gasteiger partial charge in [0.25, 0.3) is 5.91 Å². The number of nitrogens with zero attached hydrogens (tertiary/aromatic N) is 2. The van der Waals surface area contributed by atoms with Gasteiger partial charge in [-0.15, -0.1) is 0 Å². The quantitative estimate of drug-likeness (QED) is 0.847. The van der Waals surface area contributed by atoms with E-state index < -0.39 is 0 Å². The summed E-state index contributed by atoms with van der Waals surface area (Å²) in [6.45, 7) is 3.78. The lowest BCUT2D eigenvalue weighted by Gasteiger charge is -2.21. The van der Waals surface area contributed by atoms with Crippen molar-refractivity contribution in [1.29, 1.82) is 0 Å². The second-order valence-corrected chi connectivity index (χ2v) is 4.70. The van der Waals surface area contributed by atoms with Gasteiger partial charge in [0.1, 0.15) is 5.56 Å². The summed E-state index contributed by atoms with van der Waals surface area (Å²) < 4.78 is 0. The number of aromatic nitrogens is 1. The number of H-pyrrole nitrogens is 1. The van der Waals surface area contributed by atoms with E-state index in [1.165, 1.54) is 31.3 Å². The van der Waals surface area contributed by atoms with E-state index in [0.717, 1.165) is 19.6 Å². The molecule has 1 fully saturated rings. The van der Waals surface area contributed by atoms with Gasteiger partial charge in [0.2, 0.25) is 0 Å². The zero-order chi connectivity index (χ0) is 13.0. The molecule has 1 aliphatic heterocycles. The average Bonchev–Trinajstić information content (AvgIpc) is 2.89. The molecular formula is C13H19N3O2. The highest BCUT2D eigenvalue weighted by Gasteiger charge is 2.17. The molecule has 1 amide bonds. The molecule has 5 nitrogen and oxygen atoms in total. The first-order valence-electron chi connectivity index (χ1n) is 6.33. The van der Waals surface area contributed by atoms with E-state index in [4.69, 9.17) is 0 Å². The minimum absolute atomic E-state index is 0.210. The summed E-state index contributed by atoms with van der Waals surface area (Å²) >= 11 is 0. The summed E-state index contributed by atoms with van der Waals surface area (Å²) in [5, 5.41) is 0. The Morgan fingerprint density at radius 1 is 1.44 bits per heavy atom. The molecule has 2 heterocycles. The zero-order valence-electron chi connectivity index (χ0n) is 10.7. The Kier molecular flexibility index (Phi) is 4.15. The Hall–Kier alpha value is -1.62. The van der Waals surface area contributed by atoms with E-state index in [-0.39, 0.29) is 16.9 Å². The SMILES string of the molecule is CN(CCN1CCCC1)C(=O)c1c[nH]ccc1=O. The van der Waals surface area contributed by atoms with Crippen molar-refractivity contribution in [1.82, 2.24) is 14.8 Å². The lowest BCUT2D eigenvalue weighted by molar-refractivity contribution is 0.0780. The van der Waals surface area contributed by atoms with E-state index in [0.29, 0.717) is 6.54 Å². The molecule has 98 valence electrons. The number of aromatic amines is 1. The molecule has 0 saturated carbocycles. The molecule has 0 atom stereocenters. The highest BCUT2D eigenvalue weighted by molar-refractivity contribution is 5.93. The second-order valence-electron chi connectivity index (χ2n) is 4.70. The average molecular weight is 249 g/mol. The van der Waals surface area contributed by atoms with E-state index in [1.807, 2.05) is 0 Å². The molecule has 1 N–H and O–H groups in total. The van der Waals surface area contributed by atoms with Crippen molar-refractivity contribution in [2.24, 2.45) is 0 Å². The van der Waals surface area contributed by atoms with Crippen LogP contribution in [0, 0.1) is 0 Å². The van der Waals surface area contributed by atoms with Crippen LogP contribution in [0.25, 0.3) is 0 Å². The van der Waals surface area contributed by atoms with Gasteiger partial charge in [-0.3, -0.25) is 9.59 Å². The Labute approximate surface area is 106 Å². The molecule has 0 spiro atoms. The number of hydrogen-bond acceptors (Lipinski definition) is 3. The van der Waals surface area contributed by atoms with Crippen LogP contribution < -0.4 is 5.43 Å². The molecule has 5 heteroatoms. The van der Waals surface area contributed by atoms with Gasteiger partial charge < -0.3 is 14.8 Å². The third kappa shape index (κ3) is 2.98. The van der Waals surface area contributed by atoms with Crippen LogP contribution in [0.2, 0.25) is 0 Å². The summed E-state index contributed by atoms with van der Waals surface area (Å²) in [7, 11) is 1.74. The van der Waals surface area contributed by atoms with Crippen molar-refractivity contribution < 1.29 is 4.79 Å². The van der Waals surface area contributed by atoms with E-state index in [1.54, 1.807) is 11.9 Å². The van der Waals surface area contributed by atoms with Gasteiger partial charge in [0, 0.05) is 38.6 Å². The number of hydrogen-bond donors (Lipinski definition) is 1. The number of rotatable bonds is 4. The van der Waals surface area contributed by atoms with Gasteiger partial charge in [-0.2, -0.15) is 0 Å². The van der Waals surface area contributed by atoms with Crippen molar-refractivity contribution in [3.8, 4) is 0 Å². The summed E-state index contributed by atoms with van der Waals surface area (Å²) in [5.74, 6) is -0.212. The number of likely N-dealkylation sites (tertiary alicyclic amines) is 1. The smallest absolute Gasteiger partial charge is 0.259 e. The van der Waals surface area contributed by atoms with Crippen molar-refractivity contribution in [2.45, 2.75) is 12.8 Å². The number of pyridine rings is 1. The first-order chi connectivity index (χ1) is 8.68. The molecule has 2 rings (SSSR count). The highest BCUT2D eigenvalue weighted by Crippen LogP contribution is 2.06. The molecular weight excluding hydrogens is 230 g/mol. The van der Waals surface area contributed by atoms with Gasteiger partial charge in [-0.25, -0.2) is 0 Å². The summed E-state index contributed by atoms with van der Waals surface area (Å²) in [6.07, 6.45) is 5.49. The van der Waals surface area contributed by atoms with Crippen LogP contribution in [0.1, 0.15) is 23.2 Å². The Bertz CT molecular complexity index is 463. The van der Waals surface area contributed by atoms with Gasteiger partial charge in [-0.05, 0) is 25.9 Å². The Morgan fingerprint density at radius 2 is 2.17 bits per heavy atom. The molecule has 0 unspecified atom stereocenters. The molecule has 1 aliphatic rings. The number of amides is 1. The lowest BCUT2D eigenvalue weighted by atomic mass is 10.2. The largest absolute Gasteiger partial charge is 0.367 e. The molecule has 1 aromatic heterocycles. The molecule has 0 bridgehead atoms. The van der Waals surface area contributed by atoms with E-state index >= 15 is 0 Å². The highest BCUT2D eigenvalue weighted by atomic mass is 16.2. The van der Waals surface area contributed by atoms with Crippen LogP contribution in [-0.2, 0) is 0 Å². The van der Waals surface area contributed by atoms with Crippen LogP contribution >= 0.6 is 0 Å². The Balaban J connectivity index is 1.92. The summed E-state index contributed by atoms with van der Waals surface area (Å²) in [4.78, 5) is 30.3. The molecule has 1 aromatic rings. The van der Waals surface area contributed by atoms with Crippen LogP contribution in [0.15, 0.2) is 23.3 Å². The van der Waals surface area contributed by atoms with Crippen molar-refractivity contribution in [3.63, 3.8) is 0 Å². The number of carbonyl (C=O) groups is 1. The third-order valence-electron chi connectivity index (χ3n) is 3.35. The summed E-state index contributed by atoms with van der Waals surface area (Å²) in [6, 6.07) is 1.38. The number of carbonyl (C=O) groups excluding carboxylic acids is 1. The molecule has 1 saturated heterocycles. The second kappa shape index (κ2) is 5.82. The lowest BCUT2D eigenvalue weighted by Crippen LogP contribution is -2.37. The van der Waals surface area contributed by atoms with Crippen LogP contribution in [0.3, 0.4) is 0 Å². The minimum Gasteiger partial charge on any atom is -0.367 e. The predicted octanol–water partition coefficient (Wildman–Crippen LogP) is 0.543. The predicted molar refractivity (Wildman–Crippen MR) is 69.7 cm³/mol. The third-order valence-corrected chi connectivity index (χ3v) is 3.35. The van der Waals surface area contributed by atoms with Crippen LogP contribution in [-0.4, -0.2) is 53.9 Å². The van der Waals surface area contributed by atoms with Crippen molar-refractivity contribution in [3.05, 3.63) is 34.2 Å². The standard InChI is InChI=1S/C13H19N3O2/c1-15(8-9-16-6-2-3-7-16)13(18)11-10-14-5-4-12(11)17/h4-5,10H,2-3,6-9H2,1H3,(H,14,17). The minimum atomic E-state index is -0.230. The first kappa shape index (κ1) is 12.8. The van der Waals surface area contributed by atoms with Gasteiger partial charge in [-0.1, -0.05) is 0 Å². The monoisotopic (exact) mass is 249 g/mol. The first-order valence-corrected chi connectivity index (χ1v) is 6.33. The number of nitrogens with one attached hydrogen (secondary N) is 1. The molecule has 18 heavy (non-hydrogen) atoms. The normalized spacial score (nSPS) is 15.8. The van der Waals surface area contributed by atoms with Gasteiger partial charge in [0.15, 0.2) is 5.43 Å². The van der Waals surface area contributed by atoms with Gasteiger partial charge in [0.05, 0.1) is 0 Å². The maximum Gasteiger partial charge on any atom is 0.259 e.